The van der Waals surface area contributed by atoms with Crippen molar-refractivity contribution >= 4 is 27.7 Å². The number of urea groups is 1. The molecule has 8 nitrogen and oxygen atoms in total. The van der Waals surface area contributed by atoms with E-state index in [0.717, 1.165) is 30.6 Å². The van der Waals surface area contributed by atoms with Crippen LogP contribution in [0.25, 0.3) is 0 Å². The van der Waals surface area contributed by atoms with E-state index < -0.39 is 21.4 Å². The van der Waals surface area contributed by atoms with Gasteiger partial charge in [0.2, 0.25) is 5.91 Å². The van der Waals surface area contributed by atoms with E-state index in [2.05, 4.69) is 5.32 Å². The van der Waals surface area contributed by atoms with Crippen molar-refractivity contribution in [3.63, 3.8) is 0 Å². The number of amides is 4. The number of sulfone groups is 1. The lowest BCUT2D eigenvalue weighted by Gasteiger charge is -2.29. The van der Waals surface area contributed by atoms with Crippen LogP contribution in [-0.4, -0.2) is 71.7 Å². The molecule has 1 atom stereocenters. The van der Waals surface area contributed by atoms with Crippen molar-refractivity contribution in [2.75, 3.05) is 18.1 Å². The van der Waals surface area contributed by atoms with Gasteiger partial charge >= 0.3 is 6.03 Å². The van der Waals surface area contributed by atoms with E-state index >= 15 is 0 Å². The molecule has 4 fully saturated rings. The summed E-state index contributed by atoms with van der Waals surface area (Å²) in [5.74, 6) is -0.541. The van der Waals surface area contributed by atoms with Crippen molar-refractivity contribution in [1.82, 2.24) is 15.1 Å². The Hall–Kier alpha value is -1.64. The average molecular weight is 369 g/mol. The Kier molecular flexibility index (Phi) is 3.82. The number of carbonyl (C=O) groups is 3. The molecule has 1 N–H and O–H groups in total. The molecule has 4 amide bonds. The lowest BCUT2D eigenvalue weighted by Crippen LogP contribution is -2.49. The maximum atomic E-state index is 12.8. The fourth-order valence-corrected chi connectivity index (χ4v) is 6.12. The zero-order chi connectivity index (χ0) is 17.8. The zero-order valence-electron chi connectivity index (χ0n) is 14.1. The van der Waals surface area contributed by atoms with Crippen LogP contribution >= 0.6 is 0 Å². The molecule has 2 aliphatic heterocycles. The minimum atomic E-state index is -3.10. The zero-order valence-corrected chi connectivity index (χ0v) is 14.9. The predicted octanol–water partition coefficient (Wildman–Crippen LogP) is 0.0291. The van der Waals surface area contributed by atoms with Crippen molar-refractivity contribution in [2.24, 2.45) is 0 Å². The Labute approximate surface area is 146 Å². The maximum absolute atomic E-state index is 12.8. The third kappa shape index (κ3) is 2.92. The van der Waals surface area contributed by atoms with E-state index in [1.54, 1.807) is 4.90 Å². The van der Waals surface area contributed by atoms with Gasteiger partial charge in [0.05, 0.1) is 11.5 Å². The molecule has 0 bridgehead atoms. The Morgan fingerprint density at radius 1 is 1.16 bits per heavy atom. The molecule has 2 saturated heterocycles. The third-order valence-electron chi connectivity index (χ3n) is 5.83. The molecule has 0 unspecified atom stereocenters. The molecular formula is C16H23N3O5S. The van der Waals surface area contributed by atoms with E-state index in [9.17, 15) is 22.8 Å². The predicted molar refractivity (Wildman–Crippen MR) is 88.4 cm³/mol. The summed E-state index contributed by atoms with van der Waals surface area (Å²) in [5, 5.41) is 2.77. The lowest BCUT2D eigenvalue weighted by atomic mass is 9.98. The first kappa shape index (κ1) is 16.8. The average Bonchev–Trinajstić information content (AvgIpc) is 3.07. The van der Waals surface area contributed by atoms with Crippen LogP contribution in [0.1, 0.15) is 44.9 Å². The highest BCUT2D eigenvalue weighted by molar-refractivity contribution is 7.91. The Morgan fingerprint density at radius 2 is 1.84 bits per heavy atom. The Bertz CT molecular complexity index is 724. The lowest BCUT2D eigenvalue weighted by molar-refractivity contribution is -0.140. The Morgan fingerprint density at radius 3 is 2.40 bits per heavy atom. The molecule has 0 radical (unpaired) electrons. The van der Waals surface area contributed by atoms with Gasteiger partial charge in [-0.25, -0.2) is 13.2 Å². The topological polar surface area (TPSA) is 104 Å². The first-order valence-electron chi connectivity index (χ1n) is 8.97. The van der Waals surface area contributed by atoms with Crippen LogP contribution in [0.4, 0.5) is 4.79 Å². The monoisotopic (exact) mass is 369 g/mol. The number of rotatable bonds is 4. The SMILES string of the molecule is O=C1NC2(CCCC2)C(=O)N1CC(=O)N(C1CC1)[C@@H]1CCS(=O)(=O)C1. The summed E-state index contributed by atoms with van der Waals surface area (Å²) in [6.45, 7) is -0.292. The molecule has 0 aromatic carbocycles. The van der Waals surface area contributed by atoms with Gasteiger partial charge in [-0.2, -0.15) is 0 Å². The summed E-state index contributed by atoms with van der Waals surface area (Å²) < 4.78 is 23.5. The van der Waals surface area contributed by atoms with Crippen molar-refractivity contribution < 1.29 is 22.8 Å². The fourth-order valence-electron chi connectivity index (χ4n) is 4.41. The highest BCUT2D eigenvalue weighted by atomic mass is 32.2. The number of hydrogen-bond donors (Lipinski definition) is 1. The van der Waals surface area contributed by atoms with E-state index in [4.69, 9.17) is 0 Å². The first-order valence-corrected chi connectivity index (χ1v) is 10.8. The van der Waals surface area contributed by atoms with E-state index in [1.807, 2.05) is 0 Å². The van der Waals surface area contributed by atoms with Crippen LogP contribution in [0, 0.1) is 0 Å². The van der Waals surface area contributed by atoms with Crippen LogP contribution in [0.3, 0.4) is 0 Å². The normalized spacial score (nSPS) is 30.1. The van der Waals surface area contributed by atoms with Crippen molar-refractivity contribution in [1.29, 1.82) is 0 Å². The van der Waals surface area contributed by atoms with Crippen LogP contribution in [0.2, 0.25) is 0 Å². The van der Waals surface area contributed by atoms with Crippen molar-refractivity contribution in [3.05, 3.63) is 0 Å². The number of nitrogens with zero attached hydrogens (tertiary/aromatic N) is 2. The van der Waals surface area contributed by atoms with Crippen LogP contribution in [0.5, 0.6) is 0 Å². The van der Waals surface area contributed by atoms with E-state index in [0.29, 0.717) is 19.3 Å². The van der Waals surface area contributed by atoms with Gasteiger partial charge in [0.25, 0.3) is 5.91 Å². The van der Waals surface area contributed by atoms with E-state index in [1.165, 1.54) is 0 Å². The second-order valence-electron chi connectivity index (χ2n) is 7.70. The molecule has 0 aromatic heterocycles. The second kappa shape index (κ2) is 5.69. The molecular weight excluding hydrogens is 346 g/mol. The summed E-state index contributed by atoms with van der Waals surface area (Å²) in [5.41, 5.74) is -0.821. The quantitative estimate of drug-likeness (QED) is 0.704. The maximum Gasteiger partial charge on any atom is 0.325 e. The van der Waals surface area contributed by atoms with Crippen LogP contribution < -0.4 is 5.32 Å². The minimum Gasteiger partial charge on any atom is -0.334 e. The fraction of sp³-hybridized carbons (Fsp3) is 0.812. The van der Waals surface area contributed by atoms with Gasteiger partial charge < -0.3 is 10.2 Å². The van der Waals surface area contributed by atoms with Gasteiger partial charge in [-0.3, -0.25) is 14.5 Å². The molecule has 2 saturated carbocycles. The smallest absolute Gasteiger partial charge is 0.325 e. The third-order valence-corrected chi connectivity index (χ3v) is 7.58. The second-order valence-corrected chi connectivity index (χ2v) is 9.93. The number of hydrogen-bond acceptors (Lipinski definition) is 5. The number of carbonyl (C=O) groups excluding carboxylic acids is 3. The molecule has 1 spiro atoms. The largest absolute Gasteiger partial charge is 0.334 e. The first-order chi connectivity index (χ1) is 11.8. The van der Waals surface area contributed by atoms with Crippen molar-refractivity contribution in [3.8, 4) is 0 Å². The molecule has 4 aliphatic rings. The number of nitrogens with one attached hydrogen (secondary N) is 1. The number of imide groups is 1. The van der Waals surface area contributed by atoms with Gasteiger partial charge in [0, 0.05) is 12.1 Å². The summed E-state index contributed by atoms with van der Waals surface area (Å²) in [4.78, 5) is 40.4. The molecule has 138 valence electrons. The summed E-state index contributed by atoms with van der Waals surface area (Å²) in [7, 11) is -3.10. The molecule has 2 aliphatic carbocycles. The molecule has 9 heteroatoms. The minimum absolute atomic E-state index is 0.0146. The Balaban J connectivity index is 1.48. The van der Waals surface area contributed by atoms with E-state index in [-0.39, 0.29) is 41.9 Å². The van der Waals surface area contributed by atoms with Crippen LogP contribution in [0.15, 0.2) is 0 Å². The van der Waals surface area contributed by atoms with Gasteiger partial charge in [-0.1, -0.05) is 12.8 Å². The highest BCUT2D eigenvalue weighted by Gasteiger charge is 2.53. The van der Waals surface area contributed by atoms with Gasteiger partial charge in [-0.05, 0) is 32.1 Å². The van der Waals surface area contributed by atoms with Crippen molar-refractivity contribution in [2.45, 2.75) is 62.6 Å². The van der Waals surface area contributed by atoms with Crippen LogP contribution in [-0.2, 0) is 19.4 Å². The highest BCUT2D eigenvalue weighted by Crippen LogP contribution is 2.36. The summed E-state index contributed by atoms with van der Waals surface area (Å²) in [6.07, 6.45) is 5.17. The summed E-state index contributed by atoms with van der Waals surface area (Å²) in [6, 6.07) is -0.784. The standard InChI is InChI=1S/C16H23N3O5S/c20-13(19(11-3-4-11)12-5-8-25(23,24)10-12)9-18-14(21)16(17-15(18)22)6-1-2-7-16/h11-12H,1-10H2,(H,17,22)/t12-/m1/s1. The molecule has 25 heavy (non-hydrogen) atoms. The van der Waals surface area contributed by atoms with Gasteiger partial charge in [0.15, 0.2) is 9.84 Å². The van der Waals surface area contributed by atoms with Gasteiger partial charge in [0.1, 0.15) is 12.1 Å². The van der Waals surface area contributed by atoms with Gasteiger partial charge in [-0.15, -0.1) is 0 Å². The molecule has 2 heterocycles. The molecule has 0 aromatic rings. The molecule has 4 rings (SSSR count). The summed E-state index contributed by atoms with van der Waals surface area (Å²) >= 11 is 0.